The van der Waals surface area contributed by atoms with E-state index in [0.717, 1.165) is 22.8 Å². The first-order chi connectivity index (χ1) is 9.60. The molecule has 5 heteroatoms. The third-order valence-corrected chi connectivity index (χ3v) is 3.09. The average Bonchev–Trinajstić information content (AvgIpc) is 2.80. The number of fused-ring (bicyclic) bond motifs is 1. The van der Waals surface area contributed by atoms with Crippen LogP contribution in [0.5, 0.6) is 0 Å². The Bertz CT molecular complexity index is 604. The number of carbonyl (C=O) groups excluding carboxylic acids is 2. The molecule has 0 bridgehead atoms. The summed E-state index contributed by atoms with van der Waals surface area (Å²) in [6.45, 7) is 0.276. The van der Waals surface area contributed by atoms with Crippen LogP contribution in [-0.2, 0) is 16.0 Å². The van der Waals surface area contributed by atoms with E-state index in [9.17, 15) is 9.59 Å². The Morgan fingerprint density at radius 2 is 2.15 bits per heavy atom. The van der Waals surface area contributed by atoms with Gasteiger partial charge in [-0.15, -0.1) is 0 Å². The standard InChI is InChI=1S/C15H19N3O2/c1-18(2)9-15(20)17-12(10-19)7-11-8-16-14-6-4-3-5-13(11)14/h3-6,8,10,12,16H,7,9H2,1-2H3,(H,17,20)/t12-/m0/s1. The van der Waals surface area contributed by atoms with Crippen LogP contribution in [0.2, 0.25) is 0 Å². The highest BCUT2D eigenvalue weighted by molar-refractivity contribution is 5.85. The second kappa shape index (κ2) is 6.34. The van der Waals surface area contributed by atoms with Gasteiger partial charge >= 0.3 is 0 Å². The van der Waals surface area contributed by atoms with Crippen LogP contribution in [0.15, 0.2) is 30.5 Å². The molecule has 1 amide bonds. The van der Waals surface area contributed by atoms with Crippen molar-refractivity contribution in [3.8, 4) is 0 Å². The van der Waals surface area contributed by atoms with Crippen LogP contribution in [0.25, 0.3) is 10.9 Å². The highest BCUT2D eigenvalue weighted by Gasteiger charge is 2.14. The molecule has 0 radical (unpaired) electrons. The van der Waals surface area contributed by atoms with Crippen molar-refractivity contribution in [2.75, 3.05) is 20.6 Å². The Hall–Kier alpha value is -2.14. The number of hydrogen-bond acceptors (Lipinski definition) is 3. The summed E-state index contributed by atoms with van der Waals surface area (Å²) in [5.74, 6) is -0.146. The topological polar surface area (TPSA) is 65.2 Å². The number of H-pyrrole nitrogens is 1. The van der Waals surface area contributed by atoms with E-state index in [0.29, 0.717) is 6.42 Å². The summed E-state index contributed by atoms with van der Waals surface area (Å²) >= 11 is 0. The molecule has 1 atom stereocenters. The number of para-hydroxylation sites is 1. The van der Waals surface area contributed by atoms with Crippen LogP contribution in [0, 0.1) is 0 Å². The fourth-order valence-electron chi connectivity index (χ4n) is 2.21. The van der Waals surface area contributed by atoms with Gasteiger partial charge in [0.15, 0.2) is 0 Å². The van der Waals surface area contributed by atoms with Crippen molar-refractivity contribution >= 4 is 23.1 Å². The molecule has 0 saturated carbocycles. The molecule has 0 saturated heterocycles. The lowest BCUT2D eigenvalue weighted by Gasteiger charge is -2.14. The smallest absolute Gasteiger partial charge is 0.234 e. The van der Waals surface area contributed by atoms with Crippen LogP contribution < -0.4 is 5.32 Å². The van der Waals surface area contributed by atoms with Gasteiger partial charge in [0, 0.05) is 23.5 Å². The van der Waals surface area contributed by atoms with Crippen LogP contribution in [0.4, 0.5) is 0 Å². The predicted octanol–water partition coefficient (Wildman–Crippen LogP) is 0.956. The SMILES string of the molecule is CN(C)CC(=O)N[C@H](C=O)Cc1c[nH]c2ccccc12. The zero-order chi connectivity index (χ0) is 14.5. The maximum atomic E-state index is 11.7. The first-order valence-corrected chi connectivity index (χ1v) is 6.54. The van der Waals surface area contributed by atoms with E-state index >= 15 is 0 Å². The molecule has 1 aromatic heterocycles. The molecule has 2 N–H and O–H groups in total. The second-order valence-electron chi connectivity index (χ2n) is 5.11. The van der Waals surface area contributed by atoms with Crippen molar-refractivity contribution in [2.24, 2.45) is 0 Å². The molecule has 1 heterocycles. The van der Waals surface area contributed by atoms with Crippen molar-refractivity contribution in [1.29, 1.82) is 0 Å². The lowest BCUT2D eigenvalue weighted by Crippen LogP contribution is -2.42. The van der Waals surface area contributed by atoms with Crippen molar-refractivity contribution < 1.29 is 9.59 Å². The van der Waals surface area contributed by atoms with Gasteiger partial charge in [-0.2, -0.15) is 0 Å². The molecule has 0 aliphatic heterocycles. The Labute approximate surface area is 118 Å². The third-order valence-electron chi connectivity index (χ3n) is 3.09. The molecule has 106 valence electrons. The maximum absolute atomic E-state index is 11.7. The Balaban J connectivity index is 2.06. The van der Waals surface area contributed by atoms with Crippen molar-refractivity contribution in [1.82, 2.24) is 15.2 Å². The lowest BCUT2D eigenvalue weighted by molar-refractivity contribution is -0.124. The van der Waals surface area contributed by atoms with Gasteiger partial charge in [0.2, 0.25) is 5.91 Å². The van der Waals surface area contributed by atoms with Crippen molar-refractivity contribution in [3.05, 3.63) is 36.0 Å². The summed E-state index contributed by atoms with van der Waals surface area (Å²) in [7, 11) is 3.63. The Kier molecular flexibility index (Phi) is 4.53. The van der Waals surface area contributed by atoms with Gasteiger partial charge in [-0.25, -0.2) is 0 Å². The first kappa shape index (κ1) is 14.3. The molecular formula is C15H19N3O2. The Morgan fingerprint density at radius 3 is 2.85 bits per heavy atom. The number of rotatable bonds is 6. The highest BCUT2D eigenvalue weighted by atomic mass is 16.2. The summed E-state index contributed by atoms with van der Waals surface area (Å²) in [5.41, 5.74) is 2.06. The normalized spacial score (nSPS) is 12.6. The van der Waals surface area contributed by atoms with E-state index in [1.807, 2.05) is 44.6 Å². The van der Waals surface area contributed by atoms with Crippen LogP contribution in [0.1, 0.15) is 5.56 Å². The van der Waals surface area contributed by atoms with E-state index in [4.69, 9.17) is 0 Å². The molecule has 0 aliphatic rings. The van der Waals surface area contributed by atoms with Crippen molar-refractivity contribution in [2.45, 2.75) is 12.5 Å². The number of benzene rings is 1. The van der Waals surface area contributed by atoms with Crippen LogP contribution in [0.3, 0.4) is 0 Å². The number of aromatic nitrogens is 1. The van der Waals surface area contributed by atoms with E-state index in [2.05, 4.69) is 10.3 Å². The number of aldehydes is 1. The van der Waals surface area contributed by atoms with Gasteiger partial charge in [-0.3, -0.25) is 4.79 Å². The van der Waals surface area contributed by atoms with Gasteiger partial charge in [0.1, 0.15) is 6.29 Å². The third kappa shape index (κ3) is 3.45. The molecule has 20 heavy (non-hydrogen) atoms. The van der Waals surface area contributed by atoms with Crippen molar-refractivity contribution in [3.63, 3.8) is 0 Å². The number of nitrogens with one attached hydrogen (secondary N) is 2. The molecular weight excluding hydrogens is 254 g/mol. The molecule has 0 spiro atoms. The van der Waals surface area contributed by atoms with E-state index in [1.54, 1.807) is 4.90 Å². The zero-order valence-corrected chi connectivity index (χ0v) is 11.7. The maximum Gasteiger partial charge on any atom is 0.234 e. The Morgan fingerprint density at radius 1 is 1.40 bits per heavy atom. The minimum absolute atomic E-state index is 0.146. The first-order valence-electron chi connectivity index (χ1n) is 6.54. The summed E-state index contributed by atoms with van der Waals surface area (Å²) in [4.78, 5) is 27.8. The summed E-state index contributed by atoms with van der Waals surface area (Å²) in [5, 5.41) is 3.82. The van der Waals surface area contributed by atoms with Gasteiger partial charge in [0.05, 0.1) is 12.6 Å². The quantitative estimate of drug-likeness (QED) is 0.770. The van der Waals surface area contributed by atoms with Gasteiger partial charge in [-0.1, -0.05) is 18.2 Å². The van der Waals surface area contributed by atoms with E-state index < -0.39 is 6.04 Å². The minimum atomic E-state index is -0.498. The molecule has 0 fully saturated rings. The number of nitrogens with zero attached hydrogens (tertiary/aromatic N) is 1. The van der Waals surface area contributed by atoms with Crippen LogP contribution in [-0.4, -0.2) is 48.8 Å². The van der Waals surface area contributed by atoms with Crippen LogP contribution >= 0.6 is 0 Å². The number of hydrogen-bond donors (Lipinski definition) is 2. The number of amides is 1. The largest absolute Gasteiger partial charge is 0.361 e. The number of aromatic amines is 1. The fraction of sp³-hybridized carbons (Fsp3) is 0.333. The minimum Gasteiger partial charge on any atom is -0.361 e. The molecule has 2 aromatic rings. The summed E-state index contributed by atoms with van der Waals surface area (Å²) in [6, 6.07) is 7.41. The van der Waals surface area contributed by atoms with Gasteiger partial charge < -0.3 is 20.0 Å². The highest BCUT2D eigenvalue weighted by Crippen LogP contribution is 2.18. The summed E-state index contributed by atoms with van der Waals surface area (Å²) < 4.78 is 0. The molecule has 5 nitrogen and oxygen atoms in total. The molecule has 1 aromatic carbocycles. The lowest BCUT2D eigenvalue weighted by atomic mass is 10.1. The number of likely N-dealkylation sites (N-methyl/N-ethyl adjacent to an activating group) is 1. The second-order valence-corrected chi connectivity index (χ2v) is 5.11. The van der Waals surface area contributed by atoms with E-state index in [-0.39, 0.29) is 12.5 Å². The summed E-state index contributed by atoms with van der Waals surface area (Å²) in [6.07, 6.45) is 3.17. The zero-order valence-electron chi connectivity index (χ0n) is 11.7. The predicted molar refractivity (Wildman–Crippen MR) is 78.6 cm³/mol. The van der Waals surface area contributed by atoms with Gasteiger partial charge in [0.25, 0.3) is 0 Å². The molecule has 2 rings (SSSR count). The molecule has 0 unspecified atom stereocenters. The van der Waals surface area contributed by atoms with Gasteiger partial charge in [-0.05, 0) is 25.7 Å². The van der Waals surface area contributed by atoms with E-state index in [1.165, 1.54) is 0 Å². The monoisotopic (exact) mass is 273 g/mol. The average molecular weight is 273 g/mol. The fourth-order valence-corrected chi connectivity index (χ4v) is 2.21. The number of carbonyl (C=O) groups is 2. The molecule has 0 aliphatic carbocycles.